The molecule has 1 saturated heterocycles. The molecular weight excluding hydrogens is 434 g/mol. The number of pyridine rings is 1. The number of aryl methyl sites for hydroxylation is 1. The molecule has 3 aromatic rings. The molecule has 0 spiro atoms. The van der Waals surface area contributed by atoms with Crippen LogP contribution in [0.4, 0.5) is 5.69 Å². The molecule has 2 aromatic carbocycles. The van der Waals surface area contributed by atoms with E-state index in [2.05, 4.69) is 35.1 Å². The third-order valence-corrected chi connectivity index (χ3v) is 6.25. The van der Waals surface area contributed by atoms with Gasteiger partial charge in [0.2, 0.25) is 0 Å². The first-order valence-electron chi connectivity index (χ1n) is 11.7. The minimum absolute atomic E-state index is 0.0228. The summed E-state index contributed by atoms with van der Waals surface area (Å²) in [6.07, 6.45) is 6.91. The van der Waals surface area contributed by atoms with Gasteiger partial charge in [-0.15, -0.1) is 0 Å². The Kier molecular flexibility index (Phi) is 7.27. The van der Waals surface area contributed by atoms with Crippen molar-refractivity contribution in [3.05, 3.63) is 94.6 Å². The summed E-state index contributed by atoms with van der Waals surface area (Å²) in [5.41, 5.74) is 10.8. The van der Waals surface area contributed by atoms with Crippen molar-refractivity contribution in [3.63, 3.8) is 0 Å². The number of piperidine rings is 1. The summed E-state index contributed by atoms with van der Waals surface area (Å²) in [6.45, 7) is 7.05. The average Bonchev–Trinajstić information content (AvgIpc) is 2.89. The predicted molar refractivity (Wildman–Crippen MR) is 141 cm³/mol. The Hall–Kier alpha value is -4.37. The lowest BCUT2D eigenvalue weighted by atomic mass is 9.99. The highest BCUT2D eigenvalue weighted by atomic mass is 16.2. The van der Waals surface area contributed by atoms with Gasteiger partial charge in [-0.3, -0.25) is 4.79 Å². The Morgan fingerprint density at radius 1 is 1.17 bits per heavy atom. The molecule has 0 aliphatic carbocycles. The second-order valence-electron chi connectivity index (χ2n) is 8.66. The number of rotatable bonds is 5. The third kappa shape index (κ3) is 5.42. The van der Waals surface area contributed by atoms with E-state index in [-0.39, 0.29) is 11.9 Å². The third-order valence-electron chi connectivity index (χ3n) is 6.25. The summed E-state index contributed by atoms with van der Waals surface area (Å²) in [4.78, 5) is 19.1. The first kappa shape index (κ1) is 23.8. The summed E-state index contributed by atoms with van der Waals surface area (Å²) in [6, 6.07) is 19.6. The maximum absolute atomic E-state index is 12.9. The number of hydrogen-bond acceptors (Lipinski definition) is 5. The molecule has 176 valence electrons. The molecule has 0 radical (unpaired) electrons. The number of carbonyl (C=O) groups excluding carboxylic acids is 1. The predicted octanol–water partition coefficient (Wildman–Crippen LogP) is 3.31. The van der Waals surface area contributed by atoms with Crippen molar-refractivity contribution >= 4 is 23.9 Å². The number of nitrogens with two attached hydrogens (primary N) is 1. The zero-order chi connectivity index (χ0) is 24.8. The van der Waals surface area contributed by atoms with Crippen molar-refractivity contribution in [1.82, 2.24) is 9.88 Å². The van der Waals surface area contributed by atoms with Crippen LogP contribution in [-0.2, 0) is 0 Å². The van der Waals surface area contributed by atoms with Gasteiger partial charge in [0, 0.05) is 41.9 Å². The summed E-state index contributed by atoms with van der Waals surface area (Å²) in [5.74, 6) is -0.0228. The van der Waals surface area contributed by atoms with E-state index in [1.54, 1.807) is 24.4 Å². The maximum atomic E-state index is 12.9. The lowest BCUT2D eigenvalue weighted by molar-refractivity contribution is 0.0712. The van der Waals surface area contributed by atoms with E-state index >= 15 is 0 Å². The van der Waals surface area contributed by atoms with Crippen LogP contribution in [0.5, 0.6) is 0 Å². The molecule has 3 N–H and O–H groups in total. The normalized spacial score (nSPS) is 15.0. The summed E-state index contributed by atoms with van der Waals surface area (Å²) >= 11 is 0. The fourth-order valence-corrected chi connectivity index (χ4v) is 4.45. The Bertz CT molecular complexity index is 1410. The minimum atomic E-state index is -0.0228. The first-order valence-corrected chi connectivity index (χ1v) is 11.7. The number of aromatic nitrogens is 1. The number of benzene rings is 2. The first-order chi connectivity index (χ1) is 17.0. The van der Waals surface area contributed by atoms with E-state index in [1.807, 2.05) is 48.2 Å². The Morgan fingerprint density at radius 3 is 2.63 bits per heavy atom. The molecule has 0 bridgehead atoms. The van der Waals surface area contributed by atoms with Crippen molar-refractivity contribution < 1.29 is 4.79 Å². The van der Waals surface area contributed by atoms with Gasteiger partial charge in [-0.05, 0) is 72.5 Å². The molecule has 6 heteroatoms. The quantitative estimate of drug-likeness (QED) is 0.605. The monoisotopic (exact) mass is 463 g/mol. The van der Waals surface area contributed by atoms with Gasteiger partial charge in [-0.2, -0.15) is 5.26 Å². The molecule has 0 atom stereocenters. The number of likely N-dealkylation sites (tertiary alicyclic amines) is 1. The van der Waals surface area contributed by atoms with Gasteiger partial charge in [0.05, 0.1) is 11.6 Å². The summed E-state index contributed by atoms with van der Waals surface area (Å²) in [7, 11) is 0. The fourth-order valence-electron chi connectivity index (χ4n) is 4.45. The van der Waals surface area contributed by atoms with E-state index in [4.69, 9.17) is 5.73 Å². The highest BCUT2D eigenvalue weighted by molar-refractivity contribution is 5.92. The van der Waals surface area contributed by atoms with Crippen LogP contribution in [0.3, 0.4) is 0 Å². The summed E-state index contributed by atoms with van der Waals surface area (Å²) < 4.78 is 0. The molecule has 1 aromatic heterocycles. The Labute approximate surface area is 205 Å². The van der Waals surface area contributed by atoms with Crippen LogP contribution < -0.4 is 21.5 Å². The zero-order valence-electron chi connectivity index (χ0n) is 19.9. The number of hydrogen-bond donors (Lipinski definition) is 2. The summed E-state index contributed by atoms with van der Waals surface area (Å²) in [5, 5.41) is 14.8. The van der Waals surface area contributed by atoms with Crippen molar-refractivity contribution in [1.29, 1.82) is 5.26 Å². The van der Waals surface area contributed by atoms with Crippen molar-refractivity contribution in [2.75, 3.05) is 18.4 Å². The maximum Gasteiger partial charge on any atom is 0.272 e. The molecule has 4 rings (SSSR count). The molecule has 0 saturated carbocycles. The molecule has 1 amide bonds. The second-order valence-corrected chi connectivity index (χ2v) is 8.66. The average molecular weight is 464 g/mol. The van der Waals surface area contributed by atoms with Gasteiger partial charge in [-0.25, -0.2) is 4.98 Å². The Balaban J connectivity index is 1.58. The van der Waals surface area contributed by atoms with Gasteiger partial charge in [0.25, 0.3) is 5.91 Å². The smallest absolute Gasteiger partial charge is 0.272 e. The van der Waals surface area contributed by atoms with E-state index < -0.39 is 0 Å². The molecule has 1 aliphatic heterocycles. The molecule has 35 heavy (non-hydrogen) atoms. The topological polar surface area (TPSA) is 95.0 Å². The van der Waals surface area contributed by atoms with Gasteiger partial charge in [0.1, 0.15) is 5.69 Å². The number of nitrogens with one attached hydrogen (secondary N) is 1. The van der Waals surface area contributed by atoms with Crippen LogP contribution in [0.25, 0.3) is 23.4 Å². The molecule has 1 aliphatic rings. The zero-order valence-corrected chi connectivity index (χ0v) is 19.9. The molecule has 0 unspecified atom stereocenters. The number of allylic oxidation sites excluding steroid dienone is 1. The number of anilines is 1. The molecule has 1 fully saturated rings. The van der Waals surface area contributed by atoms with Gasteiger partial charge in [0.15, 0.2) is 0 Å². The van der Waals surface area contributed by atoms with Crippen LogP contribution in [0.1, 0.15) is 34.6 Å². The highest BCUT2D eigenvalue weighted by Gasteiger charge is 2.24. The van der Waals surface area contributed by atoms with E-state index in [0.29, 0.717) is 24.3 Å². The largest absolute Gasteiger partial charge is 0.404 e. The standard InChI is InChI=1S/C29H29N5O/c1-3-6-23-16-24(22-9-5-8-21(15-22)18-30)17-28(26(23)19-31)33-25-11-13-34(14-12-25)29(35)27-10-4-7-20(2)32-27/h3-10,15-17,19,25,33H,1,11-14,31H2,2H3/b23-6-,26-19+. The fraction of sp³-hybridized carbons (Fsp3) is 0.207. The van der Waals surface area contributed by atoms with Crippen molar-refractivity contribution in [2.24, 2.45) is 5.73 Å². The number of amides is 1. The van der Waals surface area contributed by atoms with Crippen molar-refractivity contribution in [3.8, 4) is 17.2 Å². The number of nitrogens with zero attached hydrogens (tertiary/aromatic N) is 3. The van der Waals surface area contributed by atoms with Gasteiger partial charge < -0.3 is 16.0 Å². The van der Waals surface area contributed by atoms with Crippen LogP contribution >= 0.6 is 0 Å². The minimum Gasteiger partial charge on any atom is -0.404 e. The van der Waals surface area contributed by atoms with Gasteiger partial charge in [-0.1, -0.05) is 36.9 Å². The van der Waals surface area contributed by atoms with Crippen LogP contribution in [0.2, 0.25) is 0 Å². The van der Waals surface area contributed by atoms with E-state index in [9.17, 15) is 10.1 Å². The van der Waals surface area contributed by atoms with Crippen molar-refractivity contribution in [2.45, 2.75) is 25.8 Å². The molecule has 2 heterocycles. The second kappa shape index (κ2) is 10.7. The van der Waals surface area contributed by atoms with Gasteiger partial charge >= 0.3 is 0 Å². The van der Waals surface area contributed by atoms with E-state index in [1.165, 1.54) is 0 Å². The van der Waals surface area contributed by atoms with Crippen LogP contribution in [0, 0.1) is 18.3 Å². The molecular formula is C29H29N5O. The van der Waals surface area contributed by atoms with Crippen LogP contribution in [-0.4, -0.2) is 34.9 Å². The molecule has 6 nitrogen and oxygen atoms in total. The number of nitriles is 1. The number of carbonyl (C=O) groups is 1. The Morgan fingerprint density at radius 2 is 1.94 bits per heavy atom. The SMILES string of the molecule is C=C/C=c1/cc(-c2cccc(C#N)c2)cc(NC2CCN(C(=O)c3cccc(C)n3)CC2)/c1=C/N. The van der Waals surface area contributed by atoms with E-state index in [0.717, 1.165) is 45.8 Å². The lowest BCUT2D eigenvalue weighted by Crippen LogP contribution is -2.43. The van der Waals surface area contributed by atoms with Crippen LogP contribution in [0.15, 0.2) is 67.3 Å². The highest BCUT2D eigenvalue weighted by Crippen LogP contribution is 2.22. The lowest BCUT2D eigenvalue weighted by Gasteiger charge is -2.33.